The molecular weight excluding hydrogens is 310 g/mol. The maximum atomic E-state index is 12.1. The number of ether oxygens (including phenoxy) is 1. The zero-order valence-electron chi connectivity index (χ0n) is 11.5. The molecule has 2 aromatic rings. The molecule has 1 unspecified atom stereocenters. The minimum atomic E-state index is -3.64. The molecule has 0 aliphatic heterocycles. The van der Waals surface area contributed by atoms with Crippen molar-refractivity contribution < 1.29 is 18.3 Å². The molecule has 1 atom stereocenters. The molecule has 5 nitrogen and oxygen atoms in total. The molecule has 7 heteroatoms. The molecule has 0 aliphatic carbocycles. The number of hydrogen-bond acceptors (Lipinski definition) is 5. The second-order valence-corrected chi connectivity index (χ2v) is 6.88. The predicted molar refractivity (Wildman–Crippen MR) is 82.1 cm³/mol. The van der Waals surface area contributed by atoms with Gasteiger partial charge in [0.15, 0.2) is 0 Å². The minimum absolute atomic E-state index is 0.0632. The summed E-state index contributed by atoms with van der Waals surface area (Å²) in [5, 5.41) is 13.5. The summed E-state index contributed by atoms with van der Waals surface area (Å²) >= 11 is 1.45. The molecule has 114 valence electrons. The Morgan fingerprint density at radius 1 is 1.29 bits per heavy atom. The van der Waals surface area contributed by atoms with E-state index < -0.39 is 16.1 Å². The summed E-state index contributed by atoms with van der Waals surface area (Å²) in [7, 11) is -3.64. The van der Waals surface area contributed by atoms with E-state index in [-0.39, 0.29) is 11.4 Å². The molecule has 0 saturated heterocycles. The van der Waals surface area contributed by atoms with Gasteiger partial charge in [-0.1, -0.05) is 0 Å². The number of rotatable bonds is 7. The fraction of sp³-hybridized carbons (Fsp3) is 0.286. The minimum Gasteiger partial charge on any atom is -0.494 e. The molecule has 0 bridgehead atoms. The van der Waals surface area contributed by atoms with E-state index in [1.54, 1.807) is 23.6 Å². The van der Waals surface area contributed by atoms with E-state index in [1.165, 1.54) is 23.5 Å². The average molecular weight is 327 g/mol. The molecule has 1 aromatic heterocycles. The molecule has 0 fully saturated rings. The molecule has 1 aromatic carbocycles. The Balaban J connectivity index is 2.01. The summed E-state index contributed by atoms with van der Waals surface area (Å²) in [5.41, 5.74) is 0.703. The summed E-state index contributed by atoms with van der Waals surface area (Å²) in [6.07, 6.45) is -0.853. The summed E-state index contributed by atoms with van der Waals surface area (Å²) < 4.78 is 31.9. The van der Waals surface area contributed by atoms with Crippen molar-refractivity contribution in [2.24, 2.45) is 0 Å². The van der Waals surface area contributed by atoms with Crippen LogP contribution in [0.15, 0.2) is 46.0 Å². The summed E-state index contributed by atoms with van der Waals surface area (Å²) in [4.78, 5) is 0.142. The van der Waals surface area contributed by atoms with Crippen LogP contribution >= 0.6 is 11.3 Å². The number of aliphatic hydroxyl groups is 1. The maximum absolute atomic E-state index is 12.1. The summed E-state index contributed by atoms with van der Waals surface area (Å²) in [6, 6.07) is 7.93. The SMILES string of the molecule is CCOc1ccc(S(=O)(=O)NCC(O)c2ccsc2)cc1. The Morgan fingerprint density at radius 3 is 2.57 bits per heavy atom. The van der Waals surface area contributed by atoms with E-state index in [1.807, 2.05) is 12.3 Å². The highest BCUT2D eigenvalue weighted by atomic mass is 32.2. The first-order valence-electron chi connectivity index (χ1n) is 6.45. The Morgan fingerprint density at radius 2 is 2.00 bits per heavy atom. The lowest BCUT2D eigenvalue weighted by Crippen LogP contribution is -2.28. The Labute approximate surface area is 128 Å². The van der Waals surface area contributed by atoms with E-state index in [0.29, 0.717) is 17.9 Å². The molecule has 0 aliphatic rings. The highest BCUT2D eigenvalue weighted by Crippen LogP contribution is 2.18. The lowest BCUT2D eigenvalue weighted by molar-refractivity contribution is 0.182. The second kappa shape index (κ2) is 7.04. The van der Waals surface area contributed by atoms with Crippen molar-refractivity contribution in [2.75, 3.05) is 13.2 Å². The highest BCUT2D eigenvalue weighted by molar-refractivity contribution is 7.89. The Bertz CT molecular complexity index is 651. The molecule has 2 N–H and O–H groups in total. The van der Waals surface area contributed by atoms with Crippen LogP contribution in [0.2, 0.25) is 0 Å². The predicted octanol–water partition coefficient (Wildman–Crippen LogP) is 2.16. The van der Waals surface area contributed by atoms with Gasteiger partial charge in [-0.2, -0.15) is 11.3 Å². The van der Waals surface area contributed by atoms with Crippen LogP contribution in [0.4, 0.5) is 0 Å². The van der Waals surface area contributed by atoms with Gasteiger partial charge in [-0.05, 0) is 53.6 Å². The second-order valence-electron chi connectivity index (χ2n) is 4.33. The number of aliphatic hydroxyl groups excluding tert-OH is 1. The Kier molecular flexibility index (Phi) is 5.35. The summed E-state index contributed by atoms with van der Waals surface area (Å²) in [6.45, 7) is 2.32. The van der Waals surface area contributed by atoms with Crippen molar-refractivity contribution >= 4 is 21.4 Å². The third kappa shape index (κ3) is 4.28. The Hall–Kier alpha value is -1.41. The van der Waals surface area contributed by atoms with Crippen LogP contribution in [-0.4, -0.2) is 26.7 Å². The molecule has 0 amide bonds. The van der Waals surface area contributed by atoms with Gasteiger partial charge < -0.3 is 9.84 Å². The first-order valence-corrected chi connectivity index (χ1v) is 8.88. The normalized spacial score (nSPS) is 13.0. The van der Waals surface area contributed by atoms with Crippen molar-refractivity contribution in [3.63, 3.8) is 0 Å². The third-order valence-electron chi connectivity index (χ3n) is 2.84. The first-order chi connectivity index (χ1) is 10.0. The monoisotopic (exact) mass is 327 g/mol. The van der Waals surface area contributed by atoms with Gasteiger partial charge in [0, 0.05) is 6.54 Å². The van der Waals surface area contributed by atoms with Crippen molar-refractivity contribution in [2.45, 2.75) is 17.9 Å². The summed E-state index contributed by atoms with van der Waals surface area (Å²) in [5.74, 6) is 0.620. The van der Waals surface area contributed by atoms with Gasteiger partial charge in [0.1, 0.15) is 5.75 Å². The van der Waals surface area contributed by atoms with Crippen LogP contribution in [0.25, 0.3) is 0 Å². The molecule has 2 rings (SSSR count). The molecule has 0 radical (unpaired) electrons. The van der Waals surface area contributed by atoms with E-state index in [4.69, 9.17) is 4.74 Å². The van der Waals surface area contributed by atoms with Crippen molar-refractivity contribution in [1.82, 2.24) is 4.72 Å². The zero-order chi connectivity index (χ0) is 15.3. The van der Waals surface area contributed by atoms with Gasteiger partial charge in [-0.25, -0.2) is 13.1 Å². The molecule has 1 heterocycles. The van der Waals surface area contributed by atoms with Crippen LogP contribution < -0.4 is 9.46 Å². The fourth-order valence-corrected chi connectivity index (χ4v) is 3.48. The number of nitrogens with one attached hydrogen (secondary N) is 1. The first kappa shape index (κ1) is 16.0. The van der Waals surface area contributed by atoms with Gasteiger partial charge in [0.2, 0.25) is 10.0 Å². The number of thiophene rings is 1. The van der Waals surface area contributed by atoms with Crippen molar-refractivity contribution in [1.29, 1.82) is 0 Å². The largest absolute Gasteiger partial charge is 0.494 e. The van der Waals surface area contributed by atoms with Crippen LogP contribution in [-0.2, 0) is 10.0 Å². The van der Waals surface area contributed by atoms with Crippen LogP contribution in [0.1, 0.15) is 18.6 Å². The van der Waals surface area contributed by atoms with Crippen molar-refractivity contribution in [3.05, 3.63) is 46.7 Å². The van der Waals surface area contributed by atoms with Crippen LogP contribution in [0.3, 0.4) is 0 Å². The number of benzene rings is 1. The third-order valence-corrected chi connectivity index (χ3v) is 4.98. The number of hydrogen-bond donors (Lipinski definition) is 2. The van der Waals surface area contributed by atoms with Gasteiger partial charge in [-0.15, -0.1) is 0 Å². The molecular formula is C14H17NO4S2. The standard InChI is InChI=1S/C14H17NO4S2/c1-2-19-12-3-5-13(6-4-12)21(17,18)15-9-14(16)11-7-8-20-10-11/h3-8,10,14-16H,2,9H2,1H3. The van der Waals surface area contributed by atoms with Crippen molar-refractivity contribution in [3.8, 4) is 5.75 Å². The number of sulfonamides is 1. The lowest BCUT2D eigenvalue weighted by atomic mass is 10.2. The quantitative estimate of drug-likeness (QED) is 0.817. The van der Waals surface area contributed by atoms with E-state index in [2.05, 4.69) is 4.72 Å². The van der Waals surface area contributed by atoms with Crippen LogP contribution in [0.5, 0.6) is 5.75 Å². The fourth-order valence-electron chi connectivity index (χ4n) is 1.74. The van der Waals surface area contributed by atoms with E-state index in [9.17, 15) is 13.5 Å². The van der Waals surface area contributed by atoms with E-state index >= 15 is 0 Å². The topological polar surface area (TPSA) is 75.6 Å². The molecule has 0 saturated carbocycles. The smallest absolute Gasteiger partial charge is 0.240 e. The maximum Gasteiger partial charge on any atom is 0.240 e. The zero-order valence-corrected chi connectivity index (χ0v) is 13.2. The molecule has 21 heavy (non-hydrogen) atoms. The highest BCUT2D eigenvalue weighted by Gasteiger charge is 2.16. The van der Waals surface area contributed by atoms with Crippen LogP contribution in [0, 0.1) is 0 Å². The molecule has 0 spiro atoms. The average Bonchev–Trinajstić information content (AvgIpc) is 3.00. The van der Waals surface area contributed by atoms with Gasteiger partial charge in [0.05, 0.1) is 17.6 Å². The van der Waals surface area contributed by atoms with Gasteiger partial charge >= 0.3 is 0 Å². The van der Waals surface area contributed by atoms with Gasteiger partial charge in [0.25, 0.3) is 0 Å². The lowest BCUT2D eigenvalue weighted by Gasteiger charge is -2.11. The van der Waals surface area contributed by atoms with E-state index in [0.717, 1.165) is 0 Å². The van der Waals surface area contributed by atoms with Gasteiger partial charge in [-0.3, -0.25) is 0 Å².